The molecule has 1 saturated carbocycles. The summed E-state index contributed by atoms with van der Waals surface area (Å²) in [4.78, 5) is 0. The molecular formula is C18H19NO2. The van der Waals surface area contributed by atoms with Crippen LogP contribution in [0, 0.1) is 16.7 Å². The highest BCUT2D eigenvalue weighted by Crippen LogP contribution is 2.50. The van der Waals surface area contributed by atoms with Gasteiger partial charge in [0.05, 0.1) is 18.6 Å². The Labute approximate surface area is 124 Å². The third-order valence-electron chi connectivity index (χ3n) is 4.67. The summed E-state index contributed by atoms with van der Waals surface area (Å²) in [5, 5.41) is 22.6. The van der Waals surface area contributed by atoms with E-state index in [1.54, 1.807) is 7.11 Å². The summed E-state index contributed by atoms with van der Waals surface area (Å²) in [7, 11) is 1.61. The van der Waals surface area contributed by atoms with Crippen LogP contribution in [-0.2, 0) is 0 Å². The number of aliphatic hydroxyl groups excluding tert-OH is 1. The predicted molar refractivity (Wildman–Crippen MR) is 82.0 cm³/mol. The average molecular weight is 281 g/mol. The van der Waals surface area contributed by atoms with Crippen LogP contribution in [0.15, 0.2) is 36.4 Å². The van der Waals surface area contributed by atoms with Gasteiger partial charge in [-0.25, -0.2) is 0 Å². The first-order chi connectivity index (χ1) is 10.2. The highest BCUT2D eigenvalue weighted by atomic mass is 16.5. The monoisotopic (exact) mass is 281 g/mol. The minimum Gasteiger partial charge on any atom is -0.496 e. The number of ether oxygens (including phenoxy) is 1. The van der Waals surface area contributed by atoms with Gasteiger partial charge < -0.3 is 9.84 Å². The van der Waals surface area contributed by atoms with Crippen molar-refractivity contribution in [2.75, 3.05) is 7.11 Å². The van der Waals surface area contributed by atoms with Gasteiger partial charge in [0, 0.05) is 5.56 Å². The van der Waals surface area contributed by atoms with Crippen LogP contribution in [-0.4, -0.2) is 12.2 Å². The van der Waals surface area contributed by atoms with Crippen molar-refractivity contribution in [3.63, 3.8) is 0 Å². The molecule has 0 radical (unpaired) electrons. The number of hydrogen-bond acceptors (Lipinski definition) is 3. The Morgan fingerprint density at radius 1 is 1.19 bits per heavy atom. The molecule has 3 nitrogen and oxygen atoms in total. The van der Waals surface area contributed by atoms with Gasteiger partial charge in [0.25, 0.3) is 0 Å². The molecule has 2 aromatic carbocycles. The number of nitriles is 1. The lowest BCUT2D eigenvalue weighted by atomic mass is 9.77. The van der Waals surface area contributed by atoms with Gasteiger partial charge in [0.15, 0.2) is 0 Å². The van der Waals surface area contributed by atoms with Crippen LogP contribution in [0.4, 0.5) is 0 Å². The van der Waals surface area contributed by atoms with E-state index in [0.29, 0.717) is 5.75 Å². The molecule has 3 rings (SSSR count). The summed E-state index contributed by atoms with van der Waals surface area (Å²) < 4.78 is 5.45. The number of rotatable bonds is 3. The van der Waals surface area contributed by atoms with Gasteiger partial charge in [-0.2, -0.15) is 5.26 Å². The van der Waals surface area contributed by atoms with Crippen LogP contribution in [0.2, 0.25) is 0 Å². The minimum atomic E-state index is -0.814. The van der Waals surface area contributed by atoms with E-state index >= 15 is 0 Å². The number of aliphatic hydroxyl groups is 1. The highest BCUT2D eigenvalue weighted by molar-refractivity contribution is 5.88. The molecule has 1 N–H and O–H groups in total. The lowest BCUT2D eigenvalue weighted by Crippen LogP contribution is -2.24. The van der Waals surface area contributed by atoms with Crippen molar-refractivity contribution in [3.8, 4) is 11.8 Å². The van der Waals surface area contributed by atoms with E-state index in [1.807, 2.05) is 36.4 Å². The molecule has 1 aliphatic carbocycles. The molecule has 21 heavy (non-hydrogen) atoms. The maximum atomic E-state index is 11.0. The molecule has 0 spiro atoms. The number of nitrogens with zero attached hydrogens (tertiary/aromatic N) is 1. The summed E-state index contributed by atoms with van der Waals surface area (Å²) in [6, 6.07) is 14.2. The molecule has 108 valence electrons. The zero-order valence-corrected chi connectivity index (χ0v) is 12.2. The minimum absolute atomic E-state index is 0.655. The first-order valence-corrected chi connectivity index (χ1v) is 7.37. The first-order valence-electron chi connectivity index (χ1n) is 7.37. The molecule has 0 aromatic heterocycles. The number of methoxy groups -OCH3 is 1. The van der Waals surface area contributed by atoms with Gasteiger partial charge in [-0.05, 0) is 29.7 Å². The van der Waals surface area contributed by atoms with Gasteiger partial charge in [0.1, 0.15) is 11.9 Å². The van der Waals surface area contributed by atoms with Crippen molar-refractivity contribution in [1.82, 2.24) is 0 Å². The van der Waals surface area contributed by atoms with Crippen LogP contribution in [0.5, 0.6) is 5.75 Å². The Bertz CT molecular complexity index is 696. The summed E-state index contributed by atoms with van der Waals surface area (Å²) in [5.74, 6) is 0.655. The molecule has 0 heterocycles. The fourth-order valence-electron chi connectivity index (χ4n) is 3.46. The second-order valence-corrected chi connectivity index (χ2v) is 5.78. The summed E-state index contributed by atoms with van der Waals surface area (Å²) >= 11 is 0. The lowest BCUT2D eigenvalue weighted by Gasteiger charge is -2.29. The quantitative estimate of drug-likeness (QED) is 0.926. The normalized spacial score (nSPS) is 18.3. The highest BCUT2D eigenvalue weighted by Gasteiger charge is 2.43. The topological polar surface area (TPSA) is 53.2 Å². The summed E-state index contributed by atoms with van der Waals surface area (Å²) in [6.07, 6.45) is 2.68. The Morgan fingerprint density at radius 2 is 1.90 bits per heavy atom. The van der Waals surface area contributed by atoms with E-state index in [2.05, 4.69) is 6.07 Å². The smallest absolute Gasteiger partial charge is 0.125 e. The third kappa shape index (κ3) is 2.16. The molecular weight excluding hydrogens is 262 g/mol. The summed E-state index contributed by atoms with van der Waals surface area (Å²) in [5.41, 5.74) is 0.0660. The van der Waals surface area contributed by atoms with Crippen LogP contribution < -0.4 is 4.74 Å². The predicted octanol–water partition coefficient (Wildman–Crippen LogP) is 3.97. The Balaban J connectivity index is 2.21. The van der Waals surface area contributed by atoms with Crippen LogP contribution in [0.25, 0.3) is 10.8 Å². The second kappa shape index (κ2) is 5.38. The second-order valence-electron chi connectivity index (χ2n) is 5.78. The van der Waals surface area contributed by atoms with E-state index in [-0.39, 0.29) is 0 Å². The van der Waals surface area contributed by atoms with Crippen LogP contribution in [0.3, 0.4) is 0 Å². The molecule has 1 atom stereocenters. The van der Waals surface area contributed by atoms with Gasteiger partial charge in [-0.3, -0.25) is 0 Å². The molecule has 0 amide bonds. The van der Waals surface area contributed by atoms with Gasteiger partial charge in [-0.15, -0.1) is 0 Å². The fourth-order valence-corrected chi connectivity index (χ4v) is 3.46. The Hall–Kier alpha value is -2.05. The summed E-state index contributed by atoms with van der Waals surface area (Å²) in [6.45, 7) is 0. The van der Waals surface area contributed by atoms with E-state index in [9.17, 15) is 10.4 Å². The van der Waals surface area contributed by atoms with E-state index < -0.39 is 11.5 Å². The number of benzene rings is 2. The molecule has 0 bridgehead atoms. The molecule has 2 aromatic rings. The van der Waals surface area contributed by atoms with Crippen molar-refractivity contribution in [1.29, 1.82) is 5.26 Å². The van der Waals surface area contributed by atoms with Crippen LogP contribution in [0.1, 0.15) is 37.4 Å². The van der Waals surface area contributed by atoms with Crippen LogP contribution >= 0.6 is 0 Å². The Morgan fingerprint density at radius 3 is 2.57 bits per heavy atom. The van der Waals surface area contributed by atoms with Gasteiger partial charge in [-0.1, -0.05) is 43.2 Å². The lowest BCUT2D eigenvalue weighted by molar-refractivity contribution is 0.0661. The standard InChI is InChI=1S/C18H19NO2/c1-21-15-9-8-13-6-2-3-7-14(13)16(15)17(20)18(12-19)10-4-5-11-18/h2-3,6-9,17,20H,4-5,10-11H2,1H3. The Kier molecular flexibility index (Phi) is 3.57. The average Bonchev–Trinajstić information content (AvgIpc) is 3.03. The molecule has 1 unspecified atom stereocenters. The number of fused-ring (bicyclic) bond motifs is 1. The molecule has 0 saturated heterocycles. The van der Waals surface area contributed by atoms with E-state index in [4.69, 9.17) is 4.74 Å². The van der Waals surface area contributed by atoms with Crippen molar-refractivity contribution >= 4 is 10.8 Å². The SMILES string of the molecule is COc1ccc2ccccc2c1C(O)C1(C#N)CCCC1. The van der Waals surface area contributed by atoms with Gasteiger partial charge in [0.2, 0.25) is 0 Å². The van der Waals surface area contributed by atoms with Crippen molar-refractivity contribution in [3.05, 3.63) is 42.0 Å². The first kappa shape index (κ1) is 13.9. The van der Waals surface area contributed by atoms with Crippen molar-refractivity contribution < 1.29 is 9.84 Å². The number of hydrogen-bond donors (Lipinski definition) is 1. The van der Waals surface area contributed by atoms with Crippen molar-refractivity contribution in [2.24, 2.45) is 5.41 Å². The van der Waals surface area contributed by atoms with E-state index in [1.165, 1.54) is 0 Å². The van der Waals surface area contributed by atoms with Crippen molar-refractivity contribution in [2.45, 2.75) is 31.8 Å². The zero-order chi connectivity index (χ0) is 14.9. The van der Waals surface area contributed by atoms with E-state index in [0.717, 1.165) is 42.0 Å². The molecule has 3 heteroatoms. The molecule has 1 fully saturated rings. The fraction of sp³-hybridized carbons (Fsp3) is 0.389. The largest absolute Gasteiger partial charge is 0.496 e. The van der Waals surface area contributed by atoms with Gasteiger partial charge >= 0.3 is 0 Å². The zero-order valence-electron chi connectivity index (χ0n) is 12.2. The third-order valence-corrected chi connectivity index (χ3v) is 4.67. The maximum absolute atomic E-state index is 11.0. The molecule has 0 aliphatic heterocycles. The molecule has 1 aliphatic rings. The maximum Gasteiger partial charge on any atom is 0.125 e.